The van der Waals surface area contributed by atoms with Gasteiger partial charge in [0.1, 0.15) is 0 Å². The van der Waals surface area contributed by atoms with Gasteiger partial charge in [-0.25, -0.2) is 0 Å². The molecule has 1 aromatic carbocycles. The molecule has 1 unspecified atom stereocenters. The number of nitrogens with one attached hydrogen (secondary N) is 1. The maximum Gasteiger partial charge on any atom is 0.0402 e. The van der Waals surface area contributed by atoms with Crippen LogP contribution < -0.4 is 10.2 Å². The van der Waals surface area contributed by atoms with Crippen molar-refractivity contribution in [2.24, 2.45) is 0 Å². The minimum atomic E-state index is 0.649. The van der Waals surface area contributed by atoms with Crippen LogP contribution >= 0.6 is 0 Å². The van der Waals surface area contributed by atoms with Gasteiger partial charge in [-0.1, -0.05) is 12.1 Å². The molecule has 0 spiro atoms. The van der Waals surface area contributed by atoms with Gasteiger partial charge in [-0.05, 0) is 50.6 Å². The van der Waals surface area contributed by atoms with Crippen molar-refractivity contribution in [2.45, 2.75) is 25.8 Å². The van der Waals surface area contributed by atoms with E-state index in [0.717, 1.165) is 13.0 Å². The Balaban J connectivity index is 2.28. The van der Waals surface area contributed by atoms with E-state index in [9.17, 15) is 0 Å². The molecular formula is C13H20N2. The Morgan fingerprint density at radius 2 is 2.27 bits per heavy atom. The lowest BCUT2D eigenvalue weighted by atomic mass is 10.0. The minimum absolute atomic E-state index is 0.649. The van der Waals surface area contributed by atoms with E-state index in [-0.39, 0.29) is 0 Å². The van der Waals surface area contributed by atoms with Crippen LogP contribution in [0.3, 0.4) is 0 Å². The van der Waals surface area contributed by atoms with Crippen molar-refractivity contribution < 1.29 is 0 Å². The third-order valence-corrected chi connectivity index (χ3v) is 3.43. The van der Waals surface area contributed by atoms with Gasteiger partial charge in [0.25, 0.3) is 0 Å². The summed E-state index contributed by atoms with van der Waals surface area (Å²) in [6, 6.07) is 7.33. The van der Waals surface area contributed by atoms with E-state index in [0.29, 0.717) is 6.04 Å². The quantitative estimate of drug-likeness (QED) is 0.808. The molecule has 0 saturated heterocycles. The van der Waals surface area contributed by atoms with E-state index in [1.54, 1.807) is 5.56 Å². The van der Waals surface area contributed by atoms with Crippen molar-refractivity contribution in [1.82, 2.24) is 5.32 Å². The van der Waals surface area contributed by atoms with Crippen LogP contribution in [0.1, 0.15) is 18.1 Å². The molecule has 82 valence electrons. The third-order valence-electron chi connectivity index (χ3n) is 3.43. The summed E-state index contributed by atoms with van der Waals surface area (Å²) in [5.74, 6) is 0. The normalized spacial score (nSPS) is 19.4. The minimum Gasteiger partial charge on any atom is -0.371 e. The molecule has 0 amide bonds. The summed E-state index contributed by atoms with van der Waals surface area (Å²) in [5, 5.41) is 3.22. The highest BCUT2D eigenvalue weighted by Gasteiger charge is 2.24. The van der Waals surface area contributed by atoms with Crippen molar-refractivity contribution in [3.63, 3.8) is 0 Å². The van der Waals surface area contributed by atoms with Gasteiger partial charge in [-0.2, -0.15) is 0 Å². The fourth-order valence-electron chi connectivity index (χ4n) is 2.35. The van der Waals surface area contributed by atoms with E-state index in [1.807, 2.05) is 7.05 Å². The number of fused-ring (bicyclic) bond motifs is 1. The largest absolute Gasteiger partial charge is 0.371 e. The average molecular weight is 204 g/mol. The molecule has 15 heavy (non-hydrogen) atoms. The van der Waals surface area contributed by atoms with Crippen molar-refractivity contribution in [2.75, 3.05) is 25.5 Å². The van der Waals surface area contributed by atoms with Crippen molar-refractivity contribution in [1.29, 1.82) is 0 Å². The van der Waals surface area contributed by atoms with Crippen molar-refractivity contribution in [3.8, 4) is 0 Å². The summed E-state index contributed by atoms with van der Waals surface area (Å²) in [6.07, 6.45) is 2.34. The van der Waals surface area contributed by atoms with Crippen molar-refractivity contribution >= 4 is 5.69 Å². The number of rotatable bonds is 3. The molecule has 1 heterocycles. The highest BCUT2D eigenvalue weighted by atomic mass is 15.1. The van der Waals surface area contributed by atoms with Crippen LogP contribution in [-0.4, -0.2) is 26.7 Å². The molecule has 0 bridgehead atoms. The van der Waals surface area contributed by atoms with Gasteiger partial charge in [0.15, 0.2) is 0 Å². The first kappa shape index (κ1) is 10.5. The smallest absolute Gasteiger partial charge is 0.0402 e. The molecule has 0 saturated carbocycles. The SMILES string of the molecule is CNCCc1cccc2c1CC(C)N2C. The topological polar surface area (TPSA) is 15.3 Å². The molecule has 1 atom stereocenters. The second-order valence-electron chi connectivity index (χ2n) is 4.43. The number of anilines is 1. The highest BCUT2D eigenvalue weighted by Crippen LogP contribution is 2.33. The van der Waals surface area contributed by atoms with Crippen LogP contribution in [0.25, 0.3) is 0 Å². The lowest BCUT2D eigenvalue weighted by molar-refractivity contribution is 0.726. The van der Waals surface area contributed by atoms with E-state index in [1.165, 1.54) is 17.7 Å². The van der Waals surface area contributed by atoms with Gasteiger partial charge in [-0.3, -0.25) is 0 Å². The van der Waals surface area contributed by atoms with E-state index in [4.69, 9.17) is 0 Å². The molecule has 0 aliphatic carbocycles. The summed E-state index contributed by atoms with van der Waals surface area (Å²) in [7, 11) is 4.20. The van der Waals surface area contributed by atoms with Crippen LogP contribution in [0, 0.1) is 0 Å². The molecule has 2 rings (SSSR count). The van der Waals surface area contributed by atoms with Crippen LogP contribution in [0.4, 0.5) is 5.69 Å². The molecular weight excluding hydrogens is 184 g/mol. The fourth-order valence-corrected chi connectivity index (χ4v) is 2.35. The number of hydrogen-bond donors (Lipinski definition) is 1. The van der Waals surface area contributed by atoms with E-state index >= 15 is 0 Å². The first-order valence-electron chi connectivity index (χ1n) is 5.72. The second kappa shape index (κ2) is 4.23. The summed E-state index contributed by atoms with van der Waals surface area (Å²) in [4.78, 5) is 2.39. The zero-order valence-electron chi connectivity index (χ0n) is 9.88. The fraction of sp³-hybridized carbons (Fsp3) is 0.538. The number of likely N-dealkylation sites (N-methyl/N-ethyl adjacent to an activating group) is 2. The van der Waals surface area contributed by atoms with Crippen molar-refractivity contribution in [3.05, 3.63) is 29.3 Å². The molecule has 2 heteroatoms. The van der Waals surface area contributed by atoms with E-state index in [2.05, 4.69) is 42.4 Å². The van der Waals surface area contributed by atoms with Gasteiger partial charge >= 0.3 is 0 Å². The van der Waals surface area contributed by atoms with Gasteiger partial charge in [-0.15, -0.1) is 0 Å². The summed E-state index contributed by atoms with van der Waals surface area (Å²) in [5.41, 5.74) is 4.50. The zero-order valence-corrected chi connectivity index (χ0v) is 9.88. The van der Waals surface area contributed by atoms with Gasteiger partial charge in [0.05, 0.1) is 0 Å². The summed E-state index contributed by atoms with van der Waals surface area (Å²) in [6.45, 7) is 3.36. The Kier molecular flexibility index (Phi) is 2.96. The summed E-state index contributed by atoms with van der Waals surface area (Å²) < 4.78 is 0. The van der Waals surface area contributed by atoms with Crippen LogP contribution in [0.5, 0.6) is 0 Å². The van der Waals surface area contributed by atoms with E-state index < -0.39 is 0 Å². The lowest BCUT2D eigenvalue weighted by Gasteiger charge is -2.18. The Morgan fingerprint density at radius 3 is 3.00 bits per heavy atom. The zero-order chi connectivity index (χ0) is 10.8. The second-order valence-corrected chi connectivity index (χ2v) is 4.43. The molecule has 0 aromatic heterocycles. The Morgan fingerprint density at radius 1 is 1.47 bits per heavy atom. The average Bonchev–Trinajstić information content (AvgIpc) is 2.53. The Bertz CT molecular complexity index is 346. The predicted molar refractivity (Wildman–Crippen MR) is 65.6 cm³/mol. The standard InChI is InChI=1S/C13H20N2/c1-10-9-12-11(7-8-14-2)5-4-6-13(12)15(10)3/h4-6,10,14H,7-9H2,1-3H3. The van der Waals surface area contributed by atoms with Gasteiger partial charge in [0, 0.05) is 18.8 Å². The highest BCUT2D eigenvalue weighted by molar-refractivity contribution is 5.61. The first-order chi connectivity index (χ1) is 7.24. The molecule has 0 fully saturated rings. The van der Waals surface area contributed by atoms with Crippen LogP contribution in [0.2, 0.25) is 0 Å². The molecule has 1 N–H and O–H groups in total. The predicted octanol–water partition coefficient (Wildman–Crippen LogP) is 1.83. The number of hydrogen-bond acceptors (Lipinski definition) is 2. The Hall–Kier alpha value is -1.02. The lowest BCUT2D eigenvalue weighted by Crippen LogP contribution is -2.23. The molecule has 2 nitrogen and oxygen atoms in total. The first-order valence-corrected chi connectivity index (χ1v) is 5.72. The maximum atomic E-state index is 3.22. The number of nitrogens with zero attached hydrogens (tertiary/aromatic N) is 1. The maximum absolute atomic E-state index is 3.22. The molecule has 0 radical (unpaired) electrons. The molecule has 1 aromatic rings. The Labute approximate surface area is 92.3 Å². The van der Waals surface area contributed by atoms with Crippen LogP contribution in [-0.2, 0) is 12.8 Å². The molecule has 1 aliphatic rings. The van der Waals surface area contributed by atoms with Gasteiger partial charge in [0.2, 0.25) is 0 Å². The molecule has 1 aliphatic heterocycles. The van der Waals surface area contributed by atoms with Gasteiger partial charge < -0.3 is 10.2 Å². The monoisotopic (exact) mass is 204 g/mol. The summed E-state index contributed by atoms with van der Waals surface area (Å²) >= 11 is 0. The third kappa shape index (κ3) is 1.86. The number of benzene rings is 1. The van der Waals surface area contributed by atoms with Crippen LogP contribution in [0.15, 0.2) is 18.2 Å².